The quantitative estimate of drug-likeness (QED) is 0.172. The number of aromatic nitrogens is 3. The van der Waals surface area contributed by atoms with Crippen molar-refractivity contribution in [1.29, 1.82) is 0 Å². The Kier molecular flexibility index (Phi) is 7.61. The topological polar surface area (TPSA) is 76.9 Å². The Balaban J connectivity index is 1.47. The van der Waals surface area contributed by atoms with Crippen LogP contribution < -0.4 is 5.32 Å². The molecule has 1 aromatic heterocycles. The van der Waals surface area contributed by atoms with Gasteiger partial charge in [-0.2, -0.15) is 0 Å². The summed E-state index contributed by atoms with van der Waals surface area (Å²) in [6.07, 6.45) is 0.598. The van der Waals surface area contributed by atoms with E-state index in [1.807, 2.05) is 19.1 Å². The highest BCUT2D eigenvalue weighted by Gasteiger charge is 2.23. The van der Waals surface area contributed by atoms with Gasteiger partial charge in [0.25, 0.3) is 0 Å². The van der Waals surface area contributed by atoms with Crippen molar-refractivity contribution in [2.75, 3.05) is 5.32 Å². The Bertz CT molecular complexity index is 1690. The number of nitrogens with one attached hydrogen (secondary N) is 1. The van der Waals surface area contributed by atoms with E-state index in [4.69, 9.17) is 0 Å². The van der Waals surface area contributed by atoms with Gasteiger partial charge in [0.2, 0.25) is 5.91 Å². The second-order valence-corrected chi connectivity index (χ2v) is 11.0. The van der Waals surface area contributed by atoms with Crippen molar-refractivity contribution < 1.29 is 9.59 Å². The number of carbonyl (C=O) groups excluding carboxylic acids is 2. The minimum absolute atomic E-state index is 0.0474. The minimum Gasteiger partial charge on any atom is -0.325 e. The van der Waals surface area contributed by atoms with E-state index in [-0.39, 0.29) is 11.7 Å². The molecular formula is C32H30N4O2S. The molecule has 196 valence electrons. The van der Waals surface area contributed by atoms with Crippen molar-refractivity contribution in [3.63, 3.8) is 0 Å². The monoisotopic (exact) mass is 534 g/mol. The SMILES string of the molecule is CC(=O)c1cccc(NC(=O)[C@H](C)Sc2nnc(Cc3cccc4ccccc34)n2-c2ccc(C)cc2C)c1. The first-order valence-electron chi connectivity index (χ1n) is 12.9. The Labute approximate surface area is 232 Å². The molecule has 0 saturated heterocycles. The standard InChI is InChI=1S/C32H30N4O2S/c1-20-15-16-29(21(2)17-20)36-30(19-26-12-7-10-24-9-5-6-14-28(24)26)34-35-32(36)39-23(4)31(38)33-27-13-8-11-25(18-27)22(3)37/h5-18,23H,19H2,1-4H3,(H,33,38)/t23-/m0/s1. The van der Waals surface area contributed by atoms with Gasteiger partial charge in [-0.1, -0.05) is 84.1 Å². The average Bonchev–Trinajstić information content (AvgIpc) is 3.30. The van der Waals surface area contributed by atoms with Crippen LogP contribution in [0.3, 0.4) is 0 Å². The maximum Gasteiger partial charge on any atom is 0.237 e. The number of thioether (sulfide) groups is 1. The smallest absolute Gasteiger partial charge is 0.237 e. The molecule has 0 aliphatic heterocycles. The van der Waals surface area contributed by atoms with Gasteiger partial charge in [0.15, 0.2) is 10.9 Å². The van der Waals surface area contributed by atoms with E-state index in [1.165, 1.54) is 40.6 Å². The Morgan fingerprint density at radius 2 is 1.69 bits per heavy atom. The van der Waals surface area contributed by atoms with E-state index in [2.05, 4.69) is 82.5 Å². The van der Waals surface area contributed by atoms with Crippen molar-refractivity contribution in [3.8, 4) is 5.69 Å². The first-order chi connectivity index (χ1) is 18.8. The normalized spacial score (nSPS) is 11.9. The molecule has 1 N–H and O–H groups in total. The zero-order valence-electron chi connectivity index (χ0n) is 22.4. The van der Waals surface area contributed by atoms with E-state index in [0.29, 0.717) is 22.8 Å². The number of hydrogen-bond donors (Lipinski definition) is 1. The van der Waals surface area contributed by atoms with E-state index in [0.717, 1.165) is 17.1 Å². The Morgan fingerprint density at radius 1 is 0.923 bits per heavy atom. The largest absolute Gasteiger partial charge is 0.325 e. The molecule has 0 aliphatic carbocycles. The van der Waals surface area contributed by atoms with Gasteiger partial charge in [0.05, 0.1) is 10.9 Å². The van der Waals surface area contributed by atoms with Gasteiger partial charge in [0.1, 0.15) is 5.82 Å². The Morgan fingerprint density at radius 3 is 2.49 bits per heavy atom. The third-order valence-corrected chi connectivity index (χ3v) is 7.75. The summed E-state index contributed by atoms with van der Waals surface area (Å²) < 4.78 is 2.07. The molecule has 0 bridgehead atoms. The van der Waals surface area contributed by atoms with Crippen molar-refractivity contribution in [3.05, 3.63) is 113 Å². The molecular weight excluding hydrogens is 504 g/mol. The predicted octanol–water partition coefficient (Wildman–Crippen LogP) is 6.95. The first kappa shape index (κ1) is 26.4. The number of benzene rings is 4. The number of aryl methyl sites for hydroxylation is 2. The molecule has 7 heteroatoms. The molecule has 0 spiro atoms. The van der Waals surface area contributed by atoms with E-state index in [1.54, 1.807) is 24.3 Å². The number of fused-ring (bicyclic) bond motifs is 1. The minimum atomic E-state index is -0.454. The fraction of sp³-hybridized carbons (Fsp3) is 0.188. The van der Waals surface area contributed by atoms with Gasteiger partial charge in [-0.25, -0.2) is 0 Å². The van der Waals surface area contributed by atoms with Crippen LogP contribution in [0.15, 0.2) is 90.1 Å². The van der Waals surface area contributed by atoms with E-state index >= 15 is 0 Å². The van der Waals surface area contributed by atoms with Gasteiger partial charge in [0, 0.05) is 17.7 Å². The van der Waals surface area contributed by atoms with Gasteiger partial charge in [-0.3, -0.25) is 14.2 Å². The average molecular weight is 535 g/mol. The second kappa shape index (κ2) is 11.3. The third kappa shape index (κ3) is 5.78. The fourth-order valence-electron chi connectivity index (χ4n) is 4.68. The summed E-state index contributed by atoms with van der Waals surface area (Å²) in [6, 6.07) is 27.9. The van der Waals surface area contributed by atoms with Crippen LogP contribution >= 0.6 is 11.8 Å². The number of Topliss-reactive ketones (excluding diaryl/α,β-unsaturated/α-hetero) is 1. The third-order valence-electron chi connectivity index (χ3n) is 6.71. The lowest BCUT2D eigenvalue weighted by Crippen LogP contribution is -2.23. The maximum absolute atomic E-state index is 13.1. The number of carbonyl (C=O) groups is 2. The molecule has 5 aromatic rings. The lowest BCUT2D eigenvalue weighted by atomic mass is 10.0. The molecule has 0 unspecified atom stereocenters. The van der Waals surface area contributed by atoms with Crippen LogP contribution in [0.4, 0.5) is 5.69 Å². The van der Waals surface area contributed by atoms with Gasteiger partial charge in [-0.15, -0.1) is 10.2 Å². The first-order valence-corrected chi connectivity index (χ1v) is 13.7. The van der Waals surface area contributed by atoms with Crippen LogP contribution in [-0.4, -0.2) is 31.7 Å². The van der Waals surface area contributed by atoms with E-state index < -0.39 is 5.25 Å². The predicted molar refractivity (Wildman–Crippen MR) is 158 cm³/mol. The molecule has 39 heavy (non-hydrogen) atoms. The summed E-state index contributed by atoms with van der Waals surface area (Å²) in [4.78, 5) is 24.9. The number of amides is 1. The van der Waals surface area contributed by atoms with E-state index in [9.17, 15) is 9.59 Å². The summed E-state index contributed by atoms with van der Waals surface area (Å²) in [5.41, 5.74) is 5.58. The molecule has 0 aliphatic rings. The van der Waals surface area contributed by atoms with Crippen LogP contribution in [-0.2, 0) is 11.2 Å². The second-order valence-electron chi connectivity index (χ2n) is 9.73. The number of ketones is 1. The van der Waals surface area contributed by atoms with Crippen LogP contribution in [0, 0.1) is 13.8 Å². The van der Waals surface area contributed by atoms with Gasteiger partial charge in [-0.05, 0) is 67.8 Å². The molecule has 1 amide bonds. The lowest BCUT2D eigenvalue weighted by molar-refractivity contribution is -0.115. The van der Waals surface area contributed by atoms with Gasteiger partial charge >= 0.3 is 0 Å². The molecule has 0 fully saturated rings. The number of hydrogen-bond acceptors (Lipinski definition) is 5. The van der Waals surface area contributed by atoms with Gasteiger partial charge < -0.3 is 5.32 Å². The summed E-state index contributed by atoms with van der Waals surface area (Å²) in [5.74, 6) is 0.586. The molecule has 4 aromatic carbocycles. The molecule has 5 rings (SSSR count). The highest BCUT2D eigenvalue weighted by Crippen LogP contribution is 2.30. The zero-order chi connectivity index (χ0) is 27.5. The number of nitrogens with zero attached hydrogens (tertiary/aromatic N) is 3. The highest BCUT2D eigenvalue weighted by atomic mass is 32.2. The van der Waals surface area contributed by atoms with Crippen LogP contribution in [0.2, 0.25) is 0 Å². The van der Waals surface area contributed by atoms with Crippen LogP contribution in [0.1, 0.15) is 46.7 Å². The Hall–Kier alpha value is -4.23. The van der Waals surface area contributed by atoms with Crippen molar-refractivity contribution in [2.24, 2.45) is 0 Å². The summed E-state index contributed by atoms with van der Waals surface area (Å²) in [5, 5.41) is 14.7. The van der Waals surface area contributed by atoms with Crippen molar-refractivity contribution in [1.82, 2.24) is 14.8 Å². The summed E-state index contributed by atoms with van der Waals surface area (Å²) >= 11 is 1.36. The zero-order valence-corrected chi connectivity index (χ0v) is 23.3. The highest BCUT2D eigenvalue weighted by molar-refractivity contribution is 8.00. The number of anilines is 1. The summed E-state index contributed by atoms with van der Waals surface area (Å²) in [6.45, 7) is 7.51. The summed E-state index contributed by atoms with van der Waals surface area (Å²) in [7, 11) is 0. The molecule has 1 atom stereocenters. The van der Waals surface area contributed by atoms with Crippen LogP contribution in [0.5, 0.6) is 0 Å². The number of rotatable bonds is 8. The van der Waals surface area contributed by atoms with Crippen LogP contribution in [0.25, 0.3) is 16.5 Å². The molecule has 6 nitrogen and oxygen atoms in total. The van der Waals surface area contributed by atoms with Crippen molar-refractivity contribution in [2.45, 2.75) is 44.5 Å². The van der Waals surface area contributed by atoms with Crippen molar-refractivity contribution >= 4 is 39.9 Å². The molecule has 1 heterocycles. The molecule has 0 radical (unpaired) electrons. The fourth-order valence-corrected chi connectivity index (χ4v) is 5.56. The maximum atomic E-state index is 13.1. The lowest BCUT2D eigenvalue weighted by Gasteiger charge is -2.16. The molecule has 0 saturated carbocycles.